The number of carbonyl (C=O) groups is 1. The zero-order chi connectivity index (χ0) is 12.0. The van der Waals surface area contributed by atoms with Gasteiger partial charge in [0.1, 0.15) is 0 Å². The summed E-state index contributed by atoms with van der Waals surface area (Å²) in [6, 6.07) is 6.16. The minimum absolute atomic E-state index is 0.564. The molecule has 3 heteroatoms. The van der Waals surface area contributed by atoms with Gasteiger partial charge >= 0.3 is 0 Å². The number of carbonyl (C=O) groups excluding carboxylic acids is 1. The van der Waals surface area contributed by atoms with E-state index in [2.05, 4.69) is 22.7 Å². The van der Waals surface area contributed by atoms with Crippen LogP contribution in [0.25, 0.3) is 0 Å². The average molecular weight is 216 g/mol. The molecule has 0 unspecified atom stereocenters. The van der Waals surface area contributed by atoms with Crippen molar-refractivity contribution in [3.8, 4) is 0 Å². The highest BCUT2D eigenvalue weighted by atomic mass is 16.1. The molecule has 0 fully saturated rings. The number of nitrogens with zero attached hydrogens (tertiary/aromatic N) is 1. The largest absolute Gasteiger partial charge is 0.277 e. The second kappa shape index (κ2) is 5.85. The maximum Gasteiger partial charge on any atom is 0.227 e. The van der Waals surface area contributed by atoms with Gasteiger partial charge in [0, 0.05) is 5.56 Å². The number of benzene rings is 1. The van der Waals surface area contributed by atoms with E-state index < -0.39 is 0 Å². The summed E-state index contributed by atoms with van der Waals surface area (Å²) in [4.78, 5) is 10.3. The molecule has 0 bridgehead atoms. The Labute approximate surface area is 95.9 Å². The Morgan fingerprint density at radius 3 is 2.75 bits per heavy atom. The average Bonchev–Trinajstić information content (AvgIpc) is 2.28. The lowest BCUT2D eigenvalue weighted by molar-refractivity contribution is -0.109. The second-order valence-corrected chi connectivity index (χ2v) is 3.56. The van der Waals surface area contributed by atoms with Crippen molar-refractivity contribution < 1.29 is 4.79 Å². The molecular formula is C13H16N2O. The summed E-state index contributed by atoms with van der Waals surface area (Å²) in [7, 11) is 0. The van der Waals surface area contributed by atoms with E-state index in [0.717, 1.165) is 16.8 Å². The quantitative estimate of drug-likeness (QED) is 0.468. The van der Waals surface area contributed by atoms with Gasteiger partial charge in [-0.2, -0.15) is 5.10 Å². The summed E-state index contributed by atoms with van der Waals surface area (Å²) in [5.74, 6) is 0. The van der Waals surface area contributed by atoms with Crippen LogP contribution in [0, 0.1) is 13.8 Å². The molecule has 0 saturated carbocycles. The van der Waals surface area contributed by atoms with E-state index >= 15 is 0 Å². The van der Waals surface area contributed by atoms with Crippen molar-refractivity contribution in [2.75, 3.05) is 0 Å². The number of aryl methyl sites for hydroxylation is 2. The van der Waals surface area contributed by atoms with Gasteiger partial charge < -0.3 is 0 Å². The number of nitrogens with one attached hydrogen (secondary N) is 1. The molecule has 0 spiro atoms. The number of rotatable bonds is 4. The molecule has 16 heavy (non-hydrogen) atoms. The van der Waals surface area contributed by atoms with E-state index in [9.17, 15) is 4.79 Å². The minimum Gasteiger partial charge on any atom is -0.277 e. The van der Waals surface area contributed by atoms with Crippen LogP contribution in [-0.4, -0.2) is 12.1 Å². The zero-order valence-corrected chi connectivity index (χ0v) is 9.82. The van der Waals surface area contributed by atoms with Crippen molar-refractivity contribution in [3.63, 3.8) is 0 Å². The highest BCUT2D eigenvalue weighted by molar-refractivity contribution is 6.09. The monoisotopic (exact) mass is 216 g/mol. The number of amides is 1. The summed E-state index contributed by atoms with van der Waals surface area (Å²) in [6.45, 7) is 5.97. The van der Waals surface area contributed by atoms with Crippen molar-refractivity contribution in [2.45, 2.75) is 20.8 Å². The van der Waals surface area contributed by atoms with Crippen LogP contribution < -0.4 is 5.43 Å². The lowest BCUT2D eigenvalue weighted by atomic mass is 10.0. The second-order valence-electron chi connectivity index (χ2n) is 3.56. The summed E-state index contributed by atoms with van der Waals surface area (Å²) < 4.78 is 0. The highest BCUT2D eigenvalue weighted by Crippen LogP contribution is 2.12. The van der Waals surface area contributed by atoms with Crippen molar-refractivity contribution in [2.24, 2.45) is 5.10 Å². The van der Waals surface area contributed by atoms with E-state index in [4.69, 9.17) is 0 Å². The van der Waals surface area contributed by atoms with E-state index in [0.29, 0.717) is 6.41 Å². The van der Waals surface area contributed by atoms with E-state index in [1.54, 1.807) is 0 Å². The number of hydrazone groups is 1. The molecule has 0 aliphatic rings. The smallest absolute Gasteiger partial charge is 0.227 e. The first-order valence-corrected chi connectivity index (χ1v) is 5.16. The molecule has 0 radical (unpaired) electrons. The van der Waals surface area contributed by atoms with Crippen LogP contribution in [-0.2, 0) is 4.79 Å². The predicted octanol–water partition coefficient (Wildman–Crippen LogP) is 2.33. The van der Waals surface area contributed by atoms with Crippen LogP contribution >= 0.6 is 0 Å². The van der Waals surface area contributed by atoms with Gasteiger partial charge in [-0.05, 0) is 38.5 Å². The van der Waals surface area contributed by atoms with Crippen molar-refractivity contribution in [3.05, 3.63) is 47.0 Å². The first-order chi connectivity index (χ1) is 7.69. The lowest BCUT2D eigenvalue weighted by Gasteiger charge is -2.06. The van der Waals surface area contributed by atoms with Crippen LogP contribution in [0.1, 0.15) is 23.6 Å². The normalized spacial score (nSPS) is 11.8. The first-order valence-electron chi connectivity index (χ1n) is 5.16. The topological polar surface area (TPSA) is 41.5 Å². The number of hydrogen-bond donors (Lipinski definition) is 1. The third-order valence-corrected chi connectivity index (χ3v) is 2.23. The Morgan fingerprint density at radius 2 is 2.12 bits per heavy atom. The summed E-state index contributed by atoms with van der Waals surface area (Å²) >= 11 is 0. The molecule has 3 nitrogen and oxygen atoms in total. The Hall–Kier alpha value is -1.90. The summed E-state index contributed by atoms with van der Waals surface area (Å²) in [6.07, 6.45) is 4.33. The van der Waals surface area contributed by atoms with Crippen molar-refractivity contribution >= 4 is 12.1 Å². The number of allylic oxidation sites excluding steroid dienone is 2. The van der Waals surface area contributed by atoms with Gasteiger partial charge in [0.05, 0.1) is 5.71 Å². The summed E-state index contributed by atoms with van der Waals surface area (Å²) in [5, 5.41) is 4.02. The standard InChI is InChI=1S/C13H16N2O/c1-4-5-13(15-14-9-16)12-8-10(2)6-7-11(12)3/h4-9H,1-3H3,(H,14,16)/b5-4-,15-13+. The molecule has 84 valence electrons. The van der Waals surface area contributed by atoms with E-state index in [1.165, 1.54) is 5.56 Å². The molecule has 0 aliphatic carbocycles. The van der Waals surface area contributed by atoms with Crippen LogP contribution in [0.15, 0.2) is 35.5 Å². The fourth-order valence-electron chi connectivity index (χ4n) is 1.45. The Bertz CT molecular complexity index is 434. The lowest BCUT2D eigenvalue weighted by Crippen LogP contribution is -2.09. The molecule has 0 atom stereocenters. The molecule has 0 heterocycles. The van der Waals surface area contributed by atoms with Crippen molar-refractivity contribution in [1.82, 2.24) is 5.43 Å². The highest BCUT2D eigenvalue weighted by Gasteiger charge is 2.04. The van der Waals surface area contributed by atoms with Gasteiger partial charge in [0.15, 0.2) is 0 Å². The van der Waals surface area contributed by atoms with Crippen LogP contribution in [0.3, 0.4) is 0 Å². The van der Waals surface area contributed by atoms with Crippen molar-refractivity contribution in [1.29, 1.82) is 0 Å². The predicted molar refractivity (Wildman–Crippen MR) is 66.5 cm³/mol. The first kappa shape index (κ1) is 12.2. The number of hydrogen-bond acceptors (Lipinski definition) is 2. The maximum atomic E-state index is 10.3. The molecule has 1 aromatic carbocycles. The van der Waals surface area contributed by atoms with Gasteiger partial charge in [0.25, 0.3) is 0 Å². The van der Waals surface area contributed by atoms with Gasteiger partial charge in [-0.1, -0.05) is 23.8 Å². The Kier molecular flexibility index (Phi) is 4.45. The van der Waals surface area contributed by atoms with Gasteiger partial charge in [-0.25, -0.2) is 5.43 Å². The maximum absolute atomic E-state index is 10.3. The molecule has 0 aliphatic heterocycles. The summed E-state index contributed by atoms with van der Waals surface area (Å²) in [5.41, 5.74) is 6.43. The molecule has 1 aromatic rings. The zero-order valence-electron chi connectivity index (χ0n) is 9.82. The van der Waals surface area contributed by atoms with Gasteiger partial charge in [-0.3, -0.25) is 4.79 Å². The SMILES string of the molecule is C/C=C\C(=N/NC=O)c1cc(C)ccc1C. The molecule has 0 saturated heterocycles. The van der Waals surface area contributed by atoms with E-state index in [1.807, 2.05) is 39.0 Å². The van der Waals surface area contributed by atoms with E-state index in [-0.39, 0.29) is 0 Å². The Morgan fingerprint density at radius 1 is 1.38 bits per heavy atom. The third kappa shape index (κ3) is 3.05. The van der Waals surface area contributed by atoms with Gasteiger partial charge in [-0.15, -0.1) is 0 Å². The van der Waals surface area contributed by atoms with Crippen LogP contribution in [0.2, 0.25) is 0 Å². The molecule has 1 amide bonds. The Balaban J connectivity index is 3.19. The fourth-order valence-corrected chi connectivity index (χ4v) is 1.45. The molecular weight excluding hydrogens is 200 g/mol. The minimum atomic E-state index is 0.564. The molecule has 1 N–H and O–H groups in total. The molecule has 0 aromatic heterocycles. The third-order valence-electron chi connectivity index (χ3n) is 2.23. The molecule has 1 rings (SSSR count). The van der Waals surface area contributed by atoms with Gasteiger partial charge in [0.2, 0.25) is 6.41 Å². The van der Waals surface area contributed by atoms with Crippen LogP contribution in [0.4, 0.5) is 0 Å². The van der Waals surface area contributed by atoms with Crippen LogP contribution in [0.5, 0.6) is 0 Å². The fraction of sp³-hybridized carbons (Fsp3) is 0.231.